The predicted molar refractivity (Wildman–Crippen MR) is 128 cm³/mol. The molecule has 0 spiro atoms. The fourth-order valence-electron chi connectivity index (χ4n) is 3.41. The zero-order valence-electron chi connectivity index (χ0n) is 17.7. The van der Waals surface area contributed by atoms with Crippen molar-refractivity contribution in [2.45, 2.75) is 22.3 Å². The first-order valence-corrected chi connectivity index (χ1v) is 14.6. The summed E-state index contributed by atoms with van der Waals surface area (Å²) in [7, 11) is -7.33. The van der Waals surface area contributed by atoms with Crippen LogP contribution < -0.4 is 5.32 Å². The molecule has 3 N–H and O–H groups in total. The molecule has 1 fully saturated rings. The number of benzene rings is 2. The molecule has 0 aliphatic carbocycles. The SMILES string of the molecule is CS(=O)(=O)O.CS(=O)(=O)O.Clc1ccc2c(c1)CC(N1CCNCC1)c1ccccc1S2. The first-order chi connectivity index (χ1) is 14.8. The van der Waals surface area contributed by atoms with Crippen molar-refractivity contribution in [3.05, 3.63) is 58.6 Å². The maximum Gasteiger partial charge on any atom is 0.261 e. The van der Waals surface area contributed by atoms with Gasteiger partial charge in [-0.25, -0.2) is 0 Å². The van der Waals surface area contributed by atoms with Crippen LogP contribution in [0.2, 0.25) is 5.02 Å². The molecule has 2 aromatic carbocycles. The molecule has 0 radical (unpaired) electrons. The molecule has 0 amide bonds. The van der Waals surface area contributed by atoms with Gasteiger partial charge in [0.2, 0.25) is 0 Å². The van der Waals surface area contributed by atoms with Crippen molar-refractivity contribution in [3.8, 4) is 0 Å². The Morgan fingerprint density at radius 2 is 1.53 bits per heavy atom. The molecular weight excluding hydrogens is 496 g/mol. The van der Waals surface area contributed by atoms with Gasteiger partial charge in [0, 0.05) is 47.0 Å². The molecule has 1 unspecified atom stereocenters. The highest BCUT2D eigenvalue weighted by atomic mass is 35.5. The lowest BCUT2D eigenvalue weighted by Gasteiger charge is -2.35. The standard InChI is InChI=1S/C18H19ClN2S.2CH4O3S/c19-14-5-6-17-13(11-14)12-16(21-9-7-20-8-10-21)15-3-1-2-4-18(15)22-17;2*1-5(2,3)4/h1-6,11,16,20H,7-10,12H2;2*1H3,(H,2,3,4). The Balaban J connectivity index is 0.000000308. The largest absolute Gasteiger partial charge is 0.314 e. The van der Waals surface area contributed by atoms with Crippen molar-refractivity contribution in [1.29, 1.82) is 0 Å². The summed E-state index contributed by atoms with van der Waals surface area (Å²) in [5.41, 5.74) is 2.83. The summed E-state index contributed by atoms with van der Waals surface area (Å²) < 4.78 is 51.7. The van der Waals surface area contributed by atoms with E-state index in [2.05, 4.69) is 46.6 Å². The fraction of sp³-hybridized carbons (Fsp3) is 0.400. The lowest BCUT2D eigenvalue weighted by molar-refractivity contribution is 0.170. The van der Waals surface area contributed by atoms with Crippen molar-refractivity contribution < 1.29 is 25.9 Å². The monoisotopic (exact) mass is 522 g/mol. The zero-order chi connectivity index (χ0) is 23.9. The second kappa shape index (κ2) is 11.8. The maximum absolute atomic E-state index is 9.19. The van der Waals surface area contributed by atoms with Gasteiger partial charge in [0.25, 0.3) is 20.2 Å². The molecule has 1 atom stereocenters. The number of nitrogens with zero attached hydrogens (tertiary/aromatic N) is 1. The number of fused-ring (bicyclic) bond motifs is 2. The molecule has 12 heteroatoms. The second-order valence-electron chi connectivity index (χ2n) is 7.36. The normalized spacial score (nSPS) is 18.6. The van der Waals surface area contributed by atoms with E-state index in [1.165, 1.54) is 20.9 Å². The number of rotatable bonds is 1. The van der Waals surface area contributed by atoms with E-state index in [0.29, 0.717) is 18.6 Å². The Morgan fingerprint density at radius 3 is 2.12 bits per heavy atom. The van der Waals surface area contributed by atoms with E-state index in [-0.39, 0.29) is 0 Å². The summed E-state index contributed by atoms with van der Waals surface area (Å²) >= 11 is 8.12. The lowest BCUT2D eigenvalue weighted by atomic mass is 9.97. The Kier molecular flexibility index (Phi) is 9.98. The molecule has 178 valence electrons. The third kappa shape index (κ3) is 10.2. The minimum atomic E-state index is -3.67. The highest BCUT2D eigenvalue weighted by Crippen LogP contribution is 2.43. The van der Waals surface area contributed by atoms with Crippen LogP contribution in [-0.4, -0.2) is 69.5 Å². The van der Waals surface area contributed by atoms with Crippen LogP contribution in [0.4, 0.5) is 0 Å². The fourth-order valence-corrected chi connectivity index (χ4v) is 4.72. The van der Waals surface area contributed by atoms with E-state index < -0.39 is 20.2 Å². The van der Waals surface area contributed by atoms with Gasteiger partial charge in [0.15, 0.2) is 0 Å². The highest BCUT2D eigenvalue weighted by Gasteiger charge is 2.28. The van der Waals surface area contributed by atoms with Gasteiger partial charge < -0.3 is 5.32 Å². The Morgan fingerprint density at radius 1 is 0.969 bits per heavy atom. The van der Waals surface area contributed by atoms with Crippen LogP contribution in [0.15, 0.2) is 52.3 Å². The molecule has 2 aliphatic heterocycles. The Labute approximate surface area is 198 Å². The van der Waals surface area contributed by atoms with Gasteiger partial charge in [-0.3, -0.25) is 14.0 Å². The van der Waals surface area contributed by atoms with E-state index in [0.717, 1.165) is 37.6 Å². The quantitative estimate of drug-likeness (QED) is 0.485. The zero-order valence-corrected chi connectivity index (χ0v) is 20.9. The summed E-state index contributed by atoms with van der Waals surface area (Å²) in [6.07, 6.45) is 2.47. The minimum Gasteiger partial charge on any atom is -0.314 e. The van der Waals surface area contributed by atoms with Crippen molar-refractivity contribution in [2.24, 2.45) is 0 Å². The van der Waals surface area contributed by atoms with Gasteiger partial charge in [-0.2, -0.15) is 16.8 Å². The molecule has 2 aromatic rings. The summed E-state index contributed by atoms with van der Waals surface area (Å²) in [6, 6.07) is 15.6. The molecule has 0 bridgehead atoms. The predicted octanol–water partition coefficient (Wildman–Crippen LogP) is 3.00. The third-order valence-electron chi connectivity index (χ3n) is 4.53. The Hall–Kier alpha value is -1.18. The van der Waals surface area contributed by atoms with Crippen molar-refractivity contribution >= 4 is 43.6 Å². The van der Waals surface area contributed by atoms with Crippen LogP contribution in [0.1, 0.15) is 17.2 Å². The average molecular weight is 523 g/mol. The first-order valence-electron chi connectivity index (χ1n) is 9.66. The lowest BCUT2D eigenvalue weighted by Crippen LogP contribution is -2.45. The first kappa shape index (κ1) is 27.1. The number of piperazine rings is 1. The van der Waals surface area contributed by atoms with E-state index in [9.17, 15) is 16.8 Å². The number of hydrogen-bond donors (Lipinski definition) is 3. The van der Waals surface area contributed by atoms with Gasteiger partial charge in [-0.05, 0) is 41.8 Å². The molecule has 32 heavy (non-hydrogen) atoms. The molecule has 4 rings (SSSR count). The van der Waals surface area contributed by atoms with Crippen LogP contribution >= 0.6 is 23.4 Å². The van der Waals surface area contributed by atoms with Crippen LogP contribution in [0, 0.1) is 0 Å². The third-order valence-corrected chi connectivity index (χ3v) is 5.97. The molecule has 2 heterocycles. The van der Waals surface area contributed by atoms with Crippen LogP contribution in [0.5, 0.6) is 0 Å². The van der Waals surface area contributed by atoms with Crippen LogP contribution in [0.3, 0.4) is 0 Å². The van der Waals surface area contributed by atoms with Gasteiger partial charge in [0.05, 0.1) is 12.5 Å². The van der Waals surface area contributed by atoms with Gasteiger partial charge in [-0.1, -0.05) is 41.6 Å². The summed E-state index contributed by atoms with van der Waals surface area (Å²) in [6.45, 7) is 4.38. The van der Waals surface area contributed by atoms with Crippen LogP contribution in [-0.2, 0) is 26.7 Å². The highest BCUT2D eigenvalue weighted by molar-refractivity contribution is 7.99. The average Bonchev–Trinajstić information content (AvgIpc) is 2.82. The minimum absolute atomic E-state index is 0.450. The molecular formula is C20H27ClN2O6S3. The van der Waals surface area contributed by atoms with Crippen molar-refractivity contribution in [2.75, 3.05) is 38.7 Å². The van der Waals surface area contributed by atoms with Crippen molar-refractivity contribution in [1.82, 2.24) is 10.2 Å². The van der Waals surface area contributed by atoms with Crippen molar-refractivity contribution in [3.63, 3.8) is 0 Å². The number of nitrogens with one attached hydrogen (secondary N) is 1. The Bertz CT molecular complexity index is 1070. The molecule has 0 saturated carbocycles. The summed E-state index contributed by atoms with van der Waals surface area (Å²) in [5.74, 6) is 0. The molecule has 1 saturated heterocycles. The second-order valence-corrected chi connectivity index (χ2v) is 11.8. The van der Waals surface area contributed by atoms with Crippen LogP contribution in [0.25, 0.3) is 0 Å². The smallest absolute Gasteiger partial charge is 0.261 e. The van der Waals surface area contributed by atoms with E-state index >= 15 is 0 Å². The van der Waals surface area contributed by atoms with Gasteiger partial charge >= 0.3 is 0 Å². The maximum atomic E-state index is 9.19. The number of halogens is 1. The van der Waals surface area contributed by atoms with E-state index in [1.54, 1.807) is 0 Å². The van der Waals surface area contributed by atoms with E-state index in [4.69, 9.17) is 20.7 Å². The van der Waals surface area contributed by atoms with Gasteiger partial charge in [-0.15, -0.1) is 0 Å². The number of hydrogen-bond acceptors (Lipinski definition) is 7. The molecule has 8 nitrogen and oxygen atoms in total. The summed E-state index contributed by atoms with van der Waals surface area (Å²) in [4.78, 5) is 5.34. The van der Waals surface area contributed by atoms with Gasteiger partial charge in [0.1, 0.15) is 0 Å². The van der Waals surface area contributed by atoms with E-state index in [1.807, 2.05) is 17.8 Å². The summed E-state index contributed by atoms with van der Waals surface area (Å²) in [5, 5.41) is 4.29. The molecule has 0 aromatic heterocycles. The topological polar surface area (TPSA) is 124 Å². The molecule has 2 aliphatic rings.